The molecule has 0 bridgehead atoms. The van der Waals surface area contributed by atoms with Gasteiger partial charge in [-0.25, -0.2) is 15.6 Å². The van der Waals surface area contributed by atoms with Gasteiger partial charge in [0.25, 0.3) is 5.91 Å². The van der Waals surface area contributed by atoms with Crippen LogP contribution in [0.4, 0.5) is 4.79 Å². The maximum absolute atomic E-state index is 12.5. The molecular weight excluding hydrogens is 282 g/mol. The molecule has 1 aromatic rings. The van der Waals surface area contributed by atoms with Crippen LogP contribution in [0.1, 0.15) is 10.4 Å². The van der Waals surface area contributed by atoms with Gasteiger partial charge in [-0.15, -0.1) is 0 Å². The van der Waals surface area contributed by atoms with E-state index >= 15 is 0 Å². The minimum absolute atomic E-state index is 0.0940. The number of hydrogen-bond acceptors (Lipinski definition) is 4. The summed E-state index contributed by atoms with van der Waals surface area (Å²) in [7, 11) is 0. The number of rotatable bonds is 5. The minimum Gasteiger partial charge on any atom is -0.444 e. The highest BCUT2D eigenvalue weighted by molar-refractivity contribution is 5.95. The Bertz CT molecular complexity index is 571. The first-order chi connectivity index (χ1) is 10.6. The van der Waals surface area contributed by atoms with E-state index < -0.39 is 6.09 Å². The molecule has 116 valence electrons. The third-order valence-electron chi connectivity index (χ3n) is 3.29. The van der Waals surface area contributed by atoms with E-state index in [0.29, 0.717) is 12.1 Å². The summed E-state index contributed by atoms with van der Waals surface area (Å²) in [5.74, 6) is 5.60. The van der Waals surface area contributed by atoms with Gasteiger partial charge in [0.1, 0.15) is 6.61 Å². The molecule has 1 atom stereocenters. The smallest absolute Gasteiger partial charge is 0.424 e. The van der Waals surface area contributed by atoms with Crippen LogP contribution < -0.4 is 5.84 Å². The second-order valence-electron chi connectivity index (χ2n) is 4.84. The summed E-state index contributed by atoms with van der Waals surface area (Å²) in [5.41, 5.74) is 0.606. The maximum atomic E-state index is 12.5. The maximum Gasteiger partial charge on any atom is 0.424 e. The molecular formula is C16H19N3O3. The number of benzene rings is 1. The predicted octanol–water partition coefficient (Wildman–Crippen LogP) is 1.57. The predicted molar refractivity (Wildman–Crippen MR) is 82.8 cm³/mol. The lowest BCUT2D eigenvalue weighted by Crippen LogP contribution is -2.48. The highest BCUT2D eigenvalue weighted by Gasteiger charge is 2.28. The normalized spacial score (nSPS) is 16.4. The number of ether oxygens (including phenoxy) is 1. The molecule has 0 radical (unpaired) electrons. The van der Waals surface area contributed by atoms with Gasteiger partial charge in [0.05, 0.1) is 12.6 Å². The molecule has 2 amide bonds. The molecule has 0 aromatic heterocycles. The van der Waals surface area contributed by atoms with Crippen LogP contribution in [0, 0.1) is 0 Å². The van der Waals surface area contributed by atoms with E-state index in [0.717, 1.165) is 5.01 Å². The van der Waals surface area contributed by atoms with Crippen LogP contribution in [0.25, 0.3) is 0 Å². The lowest BCUT2D eigenvalue weighted by Gasteiger charge is -2.27. The van der Waals surface area contributed by atoms with Crippen LogP contribution in [0.3, 0.4) is 0 Å². The van der Waals surface area contributed by atoms with Crippen molar-refractivity contribution in [2.24, 2.45) is 5.84 Å². The first-order valence-corrected chi connectivity index (χ1v) is 6.96. The number of carbonyl (C=O) groups is 2. The van der Waals surface area contributed by atoms with Gasteiger partial charge in [0.2, 0.25) is 0 Å². The molecule has 0 spiro atoms. The zero-order valence-electron chi connectivity index (χ0n) is 12.2. The molecule has 6 nitrogen and oxygen atoms in total. The monoisotopic (exact) mass is 301 g/mol. The van der Waals surface area contributed by atoms with Gasteiger partial charge in [-0.05, 0) is 12.1 Å². The zero-order chi connectivity index (χ0) is 15.9. The SMILES string of the molecule is C=CCOC(=O)N(N)C[C@@H]1C=CCN1C(=O)c1ccccc1. The van der Waals surface area contributed by atoms with Gasteiger partial charge in [0, 0.05) is 12.1 Å². The number of nitrogens with zero attached hydrogens (tertiary/aromatic N) is 2. The Morgan fingerprint density at radius 1 is 1.41 bits per heavy atom. The van der Waals surface area contributed by atoms with Crippen molar-refractivity contribution in [3.05, 3.63) is 60.7 Å². The summed E-state index contributed by atoms with van der Waals surface area (Å²) in [6.07, 6.45) is 4.56. The molecule has 0 saturated carbocycles. The van der Waals surface area contributed by atoms with Gasteiger partial charge in [0.15, 0.2) is 0 Å². The summed E-state index contributed by atoms with van der Waals surface area (Å²) in [4.78, 5) is 25.8. The van der Waals surface area contributed by atoms with Crippen LogP contribution >= 0.6 is 0 Å². The third-order valence-corrected chi connectivity index (χ3v) is 3.29. The molecule has 2 N–H and O–H groups in total. The van der Waals surface area contributed by atoms with E-state index in [1.165, 1.54) is 6.08 Å². The van der Waals surface area contributed by atoms with Crippen LogP contribution in [-0.4, -0.2) is 47.6 Å². The standard InChI is InChI=1S/C16H19N3O3/c1-2-11-22-16(21)19(17)12-14-9-6-10-18(14)15(20)13-7-4-3-5-8-13/h2-9,14H,1,10-12,17H2/t14-/m0/s1. The molecule has 6 heteroatoms. The summed E-state index contributed by atoms with van der Waals surface area (Å²) >= 11 is 0. The number of hydrazine groups is 1. The fourth-order valence-electron chi connectivity index (χ4n) is 2.20. The van der Waals surface area contributed by atoms with Crippen molar-refractivity contribution in [3.63, 3.8) is 0 Å². The molecule has 1 heterocycles. The summed E-state index contributed by atoms with van der Waals surface area (Å²) in [6, 6.07) is 8.73. The van der Waals surface area contributed by atoms with Crippen molar-refractivity contribution in [2.45, 2.75) is 6.04 Å². The van der Waals surface area contributed by atoms with Crippen LogP contribution in [0.15, 0.2) is 55.1 Å². The van der Waals surface area contributed by atoms with E-state index in [-0.39, 0.29) is 25.1 Å². The molecule has 0 fully saturated rings. The average molecular weight is 301 g/mol. The topological polar surface area (TPSA) is 75.9 Å². The highest BCUT2D eigenvalue weighted by Crippen LogP contribution is 2.15. The zero-order valence-corrected chi connectivity index (χ0v) is 12.2. The first kappa shape index (κ1) is 15.8. The largest absolute Gasteiger partial charge is 0.444 e. The fraction of sp³-hybridized carbons (Fsp3) is 0.250. The summed E-state index contributed by atoms with van der Waals surface area (Å²) < 4.78 is 4.86. The van der Waals surface area contributed by atoms with Crippen molar-refractivity contribution in [1.82, 2.24) is 9.91 Å². The molecule has 0 saturated heterocycles. The van der Waals surface area contributed by atoms with E-state index in [1.54, 1.807) is 17.0 Å². The summed E-state index contributed by atoms with van der Waals surface area (Å²) in [5, 5.41) is 0.967. The Morgan fingerprint density at radius 2 is 2.14 bits per heavy atom. The lowest BCUT2D eigenvalue weighted by atomic mass is 10.2. The Morgan fingerprint density at radius 3 is 2.82 bits per heavy atom. The van der Waals surface area contributed by atoms with Crippen LogP contribution in [0.2, 0.25) is 0 Å². The Labute approximate surface area is 129 Å². The van der Waals surface area contributed by atoms with Gasteiger partial charge >= 0.3 is 6.09 Å². The molecule has 0 unspecified atom stereocenters. The van der Waals surface area contributed by atoms with Crippen molar-refractivity contribution in [3.8, 4) is 0 Å². The first-order valence-electron chi connectivity index (χ1n) is 6.96. The average Bonchev–Trinajstić information content (AvgIpc) is 3.00. The van der Waals surface area contributed by atoms with Crippen molar-refractivity contribution < 1.29 is 14.3 Å². The van der Waals surface area contributed by atoms with Gasteiger partial charge in [-0.3, -0.25) is 4.79 Å². The van der Waals surface area contributed by atoms with Crippen LogP contribution in [0.5, 0.6) is 0 Å². The van der Waals surface area contributed by atoms with Crippen LogP contribution in [-0.2, 0) is 4.74 Å². The van der Waals surface area contributed by atoms with E-state index in [1.807, 2.05) is 30.4 Å². The number of amides is 2. The minimum atomic E-state index is -0.646. The molecule has 2 rings (SSSR count). The van der Waals surface area contributed by atoms with E-state index in [2.05, 4.69) is 6.58 Å². The quantitative estimate of drug-likeness (QED) is 0.387. The van der Waals surface area contributed by atoms with E-state index in [4.69, 9.17) is 10.6 Å². The Hall–Kier alpha value is -2.60. The molecule has 1 aromatic carbocycles. The Balaban J connectivity index is 1.98. The lowest BCUT2D eigenvalue weighted by molar-refractivity contribution is 0.0691. The van der Waals surface area contributed by atoms with Gasteiger partial charge in [-0.1, -0.05) is 43.0 Å². The summed E-state index contributed by atoms with van der Waals surface area (Å²) in [6.45, 7) is 4.23. The third kappa shape index (κ3) is 3.73. The van der Waals surface area contributed by atoms with Crippen molar-refractivity contribution in [2.75, 3.05) is 19.7 Å². The van der Waals surface area contributed by atoms with Gasteiger partial charge in [-0.2, -0.15) is 0 Å². The molecule has 0 aliphatic carbocycles. The number of hydrogen-bond donors (Lipinski definition) is 1. The second kappa shape index (κ2) is 7.42. The fourth-order valence-corrected chi connectivity index (χ4v) is 2.20. The molecule has 22 heavy (non-hydrogen) atoms. The number of nitrogens with two attached hydrogens (primary N) is 1. The van der Waals surface area contributed by atoms with Crippen molar-refractivity contribution >= 4 is 12.0 Å². The van der Waals surface area contributed by atoms with Gasteiger partial charge < -0.3 is 9.64 Å². The number of carbonyl (C=O) groups excluding carboxylic acids is 2. The Kier molecular flexibility index (Phi) is 5.32. The van der Waals surface area contributed by atoms with Crippen molar-refractivity contribution in [1.29, 1.82) is 0 Å². The second-order valence-corrected chi connectivity index (χ2v) is 4.84. The van der Waals surface area contributed by atoms with E-state index in [9.17, 15) is 9.59 Å². The molecule has 1 aliphatic heterocycles. The molecule has 1 aliphatic rings. The highest BCUT2D eigenvalue weighted by atomic mass is 16.6.